The number of carbonyl (C=O) groups is 1. The van der Waals surface area contributed by atoms with Gasteiger partial charge < -0.3 is 10.2 Å². The summed E-state index contributed by atoms with van der Waals surface area (Å²) in [5.74, 6) is 0.253. The number of rotatable bonds is 3. The Morgan fingerprint density at radius 3 is 2.64 bits per heavy atom. The van der Waals surface area contributed by atoms with Crippen LogP contribution in [0.1, 0.15) is 6.42 Å². The zero-order valence-corrected chi connectivity index (χ0v) is 9.30. The molecule has 14 heavy (non-hydrogen) atoms. The third-order valence-corrected chi connectivity index (χ3v) is 4.23. The van der Waals surface area contributed by atoms with Gasteiger partial charge in [0.05, 0.1) is 18.1 Å². The van der Waals surface area contributed by atoms with Crippen molar-refractivity contribution < 1.29 is 13.2 Å². The van der Waals surface area contributed by atoms with Crippen molar-refractivity contribution in [1.29, 1.82) is 0 Å². The van der Waals surface area contributed by atoms with E-state index in [1.807, 2.05) is 0 Å². The first-order chi connectivity index (χ1) is 6.46. The predicted octanol–water partition coefficient (Wildman–Crippen LogP) is -1.15. The van der Waals surface area contributed by atoms with Crippen molar-refractivity contribution in [2.24, 2.45) is 0 Å². The van der Waals surface area contributed by atoms with E-state index in [0.717, 1.165) is 0 Å². The van der Waals surface area contributed by atoms with Crippen molar-refractivity contribution in [1.82, 2.24) is 10.2 Å². The molecule has 6 heteroatoms. The second kappa shape index (κ2) is 4.27. The first kappa shape index (κ1) is 11.5. The highest BCUT2D eigenvalue weighted by atomic mass is 32.2. The molecule has 1 unspecified atom stereocenters. The number of nitrogens with zero attached hydrogens (tertiary/aromatic N) is 1. The number of hydrogen-bond donors (Lipinski definition) is 1. The van der Waals surface area contributed by atoms with Crippen LogP contribution < -0.4 is 5.32 Å². The van der Waals surface area contributed by atoms with Crippen LogP contribution in [0.2, 0.25) is 0 Å². The highest BCUT2D eigenvalue weighted by Gasteiger charge is 2.32. The van der Waals surface area contributed by atoms with Gasteiger partial charge in [0.2, 0.25) is 5.91 Å². The smallest absolute Gasteiger partial charge is 0.236 e. The third-order valence-electron chi connectivity index (χ3n) is 2.48. The molecule has 0 spiro atoms. The minimum absolute atomic E-state index is 0.0606. The van der Waals surface area contributed by atoms with E-state index >= 15 is 0 Å². The fourth-order valence-corrected chi connectivity index (χ4v) is 3.33. The Kier molecular flexibility index (Phi) is 3.49. The Hall–Kier alpha value is -0.620. The van der Waals surface area contributed by atoms with E-state index in [1.54, 1.807) is 14.1 Å². The third kappa shape index (κ3) is 2.68. The van der Waals surface area contributed by atoms with Crippen molar-refractivity contribution in [2.75, 3.05) is 32.1 Å². The number of carbonyl (C=O) groups excluding carboxylic acids is 1. The summed E-state index contributed by atoms with van der Waals surface area (Å²) in [6.45, 7) is 0.257. The Morgan fingerprint density at radius 2 is 2.21 bits per heavy atom. The minimum atomic E-state index is -2.90. The molecule has 0 bridgehead atoms. The van der Waals surface area contributed by atoms with E-state index < -0.39 is 9.84 Å². The van der Waals surface area contributed by atoms with Gasteiger partial charge in [-0.05, 0) is 13.5 Å². The molecular formula is C8H16N2O3S. The maximum atomic E-state index is 11.4. The molecule has 1 amide bonds. The number of hydrogen-bond acceptors (Lipinski definition) is 4. The number of nitrogens with one attached hydrogen (secondary N) is 1. The van der Waals surface area contributed by atoms with Gasteiger partial charge in [-0.15, -0.1) is 0 Å². The fraction of sp³-hybridized carbons (Fsp3) is 0.875. The topological polar surface area (TPSA) is 66.5 Å². The van der Waals surface area contributed by atoms with Gasteiger partial charge in [-0.3, -0.25) is 4.79 Å². The summed E-state index contributed by atoms with van der Waals surface area (Å²) < 4.78 is 22.3. The molecule has 82 valence electrons. The lowest BCUT2D eigenvalue weighted by Gasteiger charge is -2.23. The normalized spacial score (nSPS) is 24.9. The van der Waals surface area contributed by atoms with Gasteiger partial charge in [0, 0.05) is 13.1 Å². The van der Waals surface area contributed by atoms with Crippen LogP contribution in [0.5, 0.6) is 0 Å². The predicted molar refractivity (Wildman–Crippen MR) is 53.8 cm³/mol. The van der Waals surface area contributed by atoms with Gasteiger partial charge in [-0.2, -0.15) is 0 Å². The standard InChI is InChI=1S/C8H16N2O3S/c1-9-5-8(11)10(2)7-3-4-14(12,13)6-7/h7,9H,3-6H2,1-2H3. The van der Waals surface area contributed by atoms with Gasteiger partial charge in [0.1, 0.15) is 0 Å². The molecule has 5 nitrogen and oxygen atoms in total. The molecule has 0 aromatic rings. The average Bonchev–Trinajstić information content (AvgIpc) is 2.45. The Bertz CT molecular complexity index is 313. The highest BCUT2D eigenvalue weighted by molar-refractivity contribution is 7.91. The molecule has 1 saturated heterocycles. The quantitative estimate of drug-likeness (QED) is 0.652. The summed E-state index contributed by atoms with van der Waals surface area (Å²) in [4.78, 5) is 12.9. The molecule has 1 fully saturated rings. The zero-order valence-electron chi connectivity index (χ0n) is 8.49. The largest absolute Gasteiger partial charge is 0.341 e. The molecule has 1 aliphatic rings. The molecule has 1 heterocycles. The zero-order chi connectivity index (χ0) is 10.8. The van der Waals surface area contributed by atoms with E-state index in [4.69, 9.17) is 0 Å². The number of amides is 1. The highest BCUT2D eigenvalue weighted by Crippen LogP contribution is 2.16. The number of likely N-dealkylation sites (N-methyl/N-ethyl adjacent to an activating group) is 2. The van der Waals surface area contributed by atoms with Crippen molar-refractivity contribution in [2.45, 2.75) is 12.5 Å². The lowest BCUT2D eigenvalue weighted by Crippen LogP contribution is -2.41. The van der Waals surface area contributed by atoms with Gasteiger partial charge >= 0.3 is 0 Å². The van der Waals surface area contributed by atoms with Gasteiger partial charge in [0.15, 0.2) is 9.84 Å². The van der Waals surface area contributed by atoms with E-state index in [2.05, 4.69) is 5.32 Å². The van der Waals surface area contributed by atoms with E-state index in [9.17, 15) is 13.2 Å². The van der Waals surface area contributed by atoms with Gasteiger partial charge in [-0.1, -0.05) is 0 Å². The molecule has 1 atom stereocenters. The summed E-state index contributed by atoms with van der Waals surface area (Å²) in [5, 5.41) is 2.75. The summed E-state index contributed by atoms with van der Waals surface area (Å²) in [6, 6.07) is -0.138. The SMILES string of the molecule is CNCC(=O)N(C)C1CCS(=O)(=O)C1. The Morgan fingerprint density at radius 1 is 1.57 bits per heavy atom. The van der Waals surface area contributed by atoms with E-state index in [0.29, 0.717) is 6.42 Å². The maximum absolute atomic E-state index is 11.4. The summed E-state index contributed by atoms with van der Waals surface area (Å²) in [7, 11) is 0.446. The van der Waals surface area contributed by atoms with E-state index in [-0.39, 0.29) is 30.0 Å². The van der Waals surface area contributed by atoms with Gasteiger partial charge in [-0.25, -0.2) is 8.42 Å². The molecule has 1 aliphatic heterocycles. The van der Waals surface area contributed by atoms with Crippen LogP contribution in [0.25, 0.3) is 0 Å². The van der Waals surface area contributed by atoms with Crippen LogP contribution in [0, 0.1) is 0 Å². The molecule has 0 aromatic heterocycles. The summed E-state index contributed by atoms with van der Waals surface area (Å²) in [5.41, 5.74) is 0. The van der Waals surface area contributed by atoms with Crippen LogP contribution in [-0.4, -0.2) is 57.4 Å². The fourth-order valence-electron chi connectivity index (χ4n) is 1.56. The van der Waals surface area contributed by atoms with Crippen molar-refractivity contribution in [3.63, 3.8) is 0 Å². The van der Waals surface area contributed by atoms with Crippen LogP contribution in [-0.2, 0) is 14.6 Å². The summed E-state index contributed by atoms with van der Waals surface area (Å²) >= 11 is 0. The molecule has 1 rings (SSSR count). The van der Waals surface area contributed by atoms with Crippen LogP contribution in [0.4, 0.5) is 0 Å². The number of sulfone groups is 1. The molecule has 0 aliphatic carbocycles. The Balaban J connectivity index is 2.55. The Labute approximate surface area is 84.4 Å². The molecule has 0 saturated carbocycles. The first-order valence-electron chi connectivity index (χ1n) is 4.57. The van der Waals surface area contributed by atoms with E-state index in [1.165, 1.54) is 4.90 Å². The molecule has 1 N–H and O–H groups in total. The van der Waals surface area contributed by atoms with Crippen LogP contribution in [0.15, 0.2) is 0 Å². The lowest BCUT2D eigenvalue weighted by atomic mass is 10.2. The maximum Gasteiger partial charge on any atom is 0.236 e. The van der Waals surface area contributed by atoms with Crippen molar-refractivity contribution in [3.05, 3.63) is 0 Å². The molecule has 0 aromatic carbocycles. The van der Waals surface area contributed by atoms with Crippen molar-refractivity contribution >= 4 is 15.7 Å². The summed E-state index contributed by atoms with van der Waals surface area (Å²) in [6.07, 6.45) is 0.564. The monoisotopic (exact) mass is 220 g/mol. The van der Waals surface area contributed by atoms with Crippen LogP contribution >= 0.6 is 0 Å². The average molecular weight is 220 g/mol. The van der Waals surface area contributed by atoms with Crippen LogP contribution in [0.3, 0.4) is 0 Å². The minimum Gasteiger partial charge on any atom is -0.341 e. The lowest BCUT2D eigenvalue weighted by molar-refractivity contribution is -0.130. The van der Waals surface area contributed by atoms with Crippen molar-refractivity contribution in [3.8, 4) is 0 Å². The molecular weight excluding hydrogens is 204 g/mol. The van der Waals surface area contributed by atoms with Gasteiger partial charge in [0.25, 0.3) is 0 Å². The second-order valence-corrected chi connectivity index (χ2v) is 5.82. The molecule has 0 radical (unpaired) electrons. The second-order valence-electron chi connectivity index (χ2n) is 3.59. The first-order valence-corrected chi connectivity index (χ1v) is 6.39.